The van der Waals surface area contributed by atoms with E-state index in [4.69, 9.17) is 21.3 Å². The molecule has 3 aromatic rings. The number of hydrogen-bond donors (Lipinski definition) is 2. The number of hydrogen-bond acceptors (Lipinski definition) is 9. The van der Waals surface area contributed by atoms with Crippen molar-refractivity contribution in [3.05, 3.63) is 45.5 Å². The van der Waals surface area contributed by atoms with Crippen LogP contribution in [-0.4, -0.2) is 59.7 Å². The maximum absolute atomic E-state index is 11.7. The molecule has 1 aromatic heterocycles. The van der Waals surface area contributed by atoms with E-state index >= 15 is 0 Å². The van der Waals surface area contributed by atoms with Gasteiger partial charge in [0, 0.05) is 50.0 Å². The van der Waals surface area contributed by atoms with Crippen molar-refractivity contribution in [1.29, 1.82) is 0 Å². The summed E-state index contributed by atoms with van der Waals surface area (Å²) in [6, 6.07) is 9.45. The van der Waals surface area contributed by atoms with Crippen molar-refractivity contribution in [3.63, 3.8) is 0 Å². The second-order valence-electron chi connectivity index (χ2n) is 6.97. The average Bonchev–Trinajstić information content (AvgIpc) is 3.22. The van der Waals surface area contributed by atoms with Gasteiger partial charge in [0.25, 0.3) is 0 Å². The summed E-state index contributed by atoms with van der Waals surface area (Å²) in [5.74, 6) is 0. The molecule has 0 unspecified atom stereocenters. The van der Waals surface area contributed by atoms with Crippen LogP contribution in [-0.2, 0) is 0 Å². The summed E-state index contributed by atoms with van der Waals surface area (Å²) < 4.78 is 4.85. The normalized spacial score (nSPS) is 14.3. The quantitative estimate of drug-likeness (QED) is 0.329. The SMILES string of the molecule is O=[N+]([O-])c1c(NCCCO)cc(N2CCN(c3cccc(Cl)c3)CC2)c2nonc12. The predicted molar refractivity (Wildman–Crippen MR) is 115 cm³/mol. The van der Waals surface area contributed by atoms with Crippen LogP contribution in [0.3, 0.4) is 0 Å². The Morgan fingerprint density at radius 1 is 1.17 bits per heavy atom. The molecular weight excluding hydrogens is 412 g/mol. The number of aromatic nitrogens is 2. The Morgan fingerprint density at radius 3 is 2.60 bits per heavy atom. The third kappa shape index (κ3) is 3.96. The number of benzene rings is 2. The van der Waals surface area contributed by atoms with Gasteiger partial charge in [-0.05, 0) is 41.0 Å². The molecule has 0 amide bonds. The summed E-state index contributed by atoms with van der Waals surface area (Å²) in [5, 5.41) is 32.1. The summed E-state index contributed by atoms with van der Waals surface area (Å²) >= 11 is 6.11. The molecule has 10 nitrogen and oxygen atoms in total. The predicted octanol–water partition coefficient (Wildman–Crippen LogP) is 2.91. The standard InChI is InChI=1S/C19H21ClN6O4/c20-13-3-1-4-14(11-13)24-6-8-25(9-7-24)16-12-15(21-5-2-10-27)19(26(28)29)18-17(16)22-30-23-18/h1,3-4,11-12,21,27H,2,5-10H2. The molecular formula is C19H21ClN6O4. The van der Waals surface area contributed by atoms with Crippen LogP contribution in [0.15, 0.2) is 35.0 Å². The number of nitrogens with zero attached hydrogens (tertiary/aromatic N) is 5. The van der Waals surface area contributed by atoms with Gasteiger partial charge in [-0.15, -0.1) is 0 Å². The van der Waals surface area contributed by atoms with E-state index < -0.39 is 4.92 Å². The maximum atomic E-state index is 11.7. The lowest BCUT2D eigenvalue weighted by Crippen LogP contribution is -2.46. The fourth-order valence-corrected chi connectivity index (χ4v) is 3.84. The summed E-state index contributed by atoms with van der Waals surface area (Å²) in [7, 11) is 0. The summed E-state index contributed by atoms with van der Waals surface area (Å²) in [5.41, 5.74) is 2.43. The summed E-state index contributed by atoms with van der Waals surface area (Å²) in [6.45, 7) is 3.31. The van der Waals surface area contributed by atoms with Gasteiger partial charge in [0.1, 0.15) is 5.69 Å². The molecule has 0 radical (unpaired) electrons. The number of aliphatic hydroxyl groups is 1. The van der Waals surface area contributed by atoms with Gasteiger partial charge in [0.05, 0.1) is 10.6 Å². The van der Waals surface area contributed by atoms with Gasteiger partial charge in [-0.25, -0.2) is 4.63 Å². The van der Waals surface area contributed by atoms with Crippen molar-refractivity contribution in [3.8, 4) is 0 Å². The Balaban J connectivity index is 1.62. The van der Waals surface area contributed by atoms with Crippen LogP contribution >= 0.6 is 11.6 Å². The molecule has 158 valence electrons. The van der Waals surface area contributed by atoms with Crippen molar-refractivity contribution in [2.24, 2.45) is 0 Å². The van der Waals surface area contributed by atoms with Crippen LogP contribution in [0, 0.1) is 10.1 Å². The molecule has 1 fully saturated rings. The van der Waals surface area contributed by atoms with Crippen molar-refractivity contribution in [2.45, 2.75) is 6.42 Å². The van der Waals surface area contributed by atoms with Crippen LogP contribution in [0.2, 0.25) is 5.02 Å². The monoisotopic (exact) mass is 432 g/mol. The van der Waals surface area contributed by atoms with Gasteiger partial charge in [-0.3, -0.25) is 10.1 Å². The number of halogens is 1. The lowest BCUT2D eigenvalue weighted by molar-refractivity contribution is -0.382. The van der Waals surface area contributed by atoms with Gasteiger partial charge in [0.15, 0.2) is 5.52 Å². The van der Waals surface area contributed by atoms with Crippen LogP contribution in [0.1, 0.15) is 6.42 Å². The number of fused-ring (bicyclic) bond motifs is 1. The van der Waals surface area contributed by atoms with E-state index in [9.17, 15) is 10.1 Å². The molecule has 1 aliphatic heterocycles. The van der Waals surface area contributed by atoms with E-state index in [1.807, 2.05) is 24.3 Å². The highest BCUT2D eigenvalue weighted by atomic mass is 35.5. The minimum Gasteiger partial charge on any atom is -0.396 e. The van der Waals surface area contributed by atoms with Crippen LogP contribution in [0.4, 0.5) is 22.7 Å². The Kier molecular flexibility index (Phi) is 5.86. The smallest absolute Gasteiger partial charge is 0.323 e. The third-order valence-electron chi connectivity index (χ3n) is 5.12. The molecule has 11 heteroatoms. The number of nitro groups is 1. The zero-order valence-electron chi connectivity index (χ0n) is 16.1. The molecule has 0 spiro atoms. The molecule has 0 aliphatic carbocycles. The fraction of sp³-hybridized carbons (Fsp3) is 0.368. The van der Waals surface area contributed by atoms with Crippen LogP contribution < -0.4 is 15.1 Å². The van der Waals surface area contributed by atoms with E-state index in [-0.39, 0.29) is 17.8 Å². The number of nitrogens with one attached hydrogen (secondary N) is 1. The van der Waals surface area contributed by atoms with Crippen molar-refractivity contribution in [1.82, 2.24) is 10.3 Å². The van der Waals surface area contributed by atoms with Crippen molar-refractivity contribution >= 4 is 45.4 Å². The highest BCUT2D eigenvalue weighted by Gasteiger charge is 2.29. The molecule has 0 saturated carbocycles. The van der Waals surface area contributed by atoms with Gasteiger partial charge in [-0.1, -0.05) is 17.7 Å². The molecule has 1 saturated heterocycles. The number of anilines is 3. The minimum absolute atomic E-state index is 0.00707. The number of nitro benzene ring substituents is 1. The van der Waals surface area contributed by atoms with E-state index in [0.29, 0.717) is 42.3 Å². The van der Waals surface area contributed by atoms with Gasteiger partial charge in [0.2, 0.25) is 5.52 Å². The highest BCUT2D eigenvalue weighted by molar-refractivity contribution is 6.30. The maximum Gasteiger partial charge on any atom is 0.323 e. The molecule has 2 heterocycles. The summed E-state index contributed by atoms with van der Waals surface area (Å²) in [6.07, 6.45) is 0.472. The van der Waals surface area contributed by atoms with Crippen molar-refractivity contribution in [2.75, 3.05) is 54.4 Å². The lowest BCUT2D eigenvalue weighted by atomic mass is 10.1. The van der Waals surface area contributed by atoms with Gasteiger partial charge in [-0.2, -0.15) is 0 Å². The fourth-order valence-electron chi connectivity index (χ4n) is 3.65. The van der Waals surface area contributed by atoms with Crippen LogP contribution in [0.5, 0.6) is 0 Å². The zero-order chi connectivity index (χ0) is 21.1. The van der Waals surface area contributed by atoms with E-state index in [1.54, 1.807) is 6.07 Å². The van der Waals surface area contributed by atoms with Gasteiger partial charge >= 0.3 is 5.69 Å². The minimum atomic E-state index is -0.491. The first-order valence-electron chi connectivity index (χ1n) is 9.62. The molecule has 30 heavy (non-hydrogen) atoms. The Morgan fingerprint density at radius 2 is 1.90 bits per heavy atom. The Bertz CT molecular complexity index is 1050. The largest absolute Gasteiger partial charge is 0.396 e. The molecule has 0 bridgehead atoms. The average molecular weight is 433 g/mol. The lowest BCUT2D eigenvalue weighted by Gasteiger charge is -2.37. The van der Waals surface area contributed by atoms with E-state index in [1.165, 1.54) is 0 Å². The molecule has 0 atom stereocenters. The van der Waals surface area contributed by atoms with Gasteiger partial charge < -0.3 is 20.2 Å². The molecule has 4 rings (SSSR count). The first-order chi connectivity index (χ1) is 14.6. The molecule has 2 N–H and O–H groups in total. The first-order valence-corrected chi connectivity index (χ1v) is 10.00. The molecule has 1 aliphatic rings. The second-order valence-corrected chi connectivity index (χ2v) is 7.40. The second kappa shape index (κ2) is 8.72. The highest BCUT2D eigenvalue weighted by Crippen LogP contribution is 2.38. The Labute approximate surface area is 177 Å². The number of aliphatic hydroxyl groups excluding tert-OH is 1. The zero-order valence-corrected chi connectivity index (χ0v) is 16.9. The summed E-state index contributed by atoms with van der Waals surface area (Å²) in [4.78, 5) is 15.5. The Hall–Kier alpha value is -3.11. The third-order valence-corrected chi connectivity index (χ3v) is 5.35. The van der Waals surface area contributed by atoms with E-state index in [2.05, 4.69) is 25.4 Å². The van der Waals surface area contributed by atoms with Crippen molar-refractivity contribution < 1.29 is 14.7 Å². The number of rotatable bonds is 7. The van der Waals surface area contributed by atoms with Crippen LogP contribution in [0.25, 0.3) is 11.0 Å². The molecule has 2 aromatic carbocycles. The topological polar surface area (TPSA) is 121 Å². The van der Waals surface area contributed by atoms with E-state index in [0.717, 1.165) is 24.5 Å². The number of piperazine rings is 1. The first kappa shape index (κ1) is 20.2.